The van der Waals surface area contributed by atoms with E-state index in [1.54, 1.807) is 6.92 Å². The molecule has 0 saturated heterocycles. The van der Waals surface area contributed by atoms with Gasteiger partial charge in [0.25, 0.3) is 0 Å². The molecule has 0 aliphatic carbocycles. The van der Waals surface area contributed by atoms with Crippen LogP contribution in [0.25, 0.3) is 0 Å². The summed E-state index contributed by atoms with van der Waals surface area (Å²) in [6.45, 7) is 2.13. The predicted octanol–water partition coefficient (Wildman–Crippen LogP) is 0.134. The van der Waals surface area contributed by atoms with E-state index in [-0.39, 0.29) is 6.79 Å². The molecule has 0 amide bonds. The minimum Gasteiger partial charge on any atom is -0.354 e. The molecule has 0 heterocycles. The molecule has 0 aliphatic rings. The quantitative estimate of drug-likeness (QED) is 0.342. The van der Waals surface area contributed by atoms with Crippen LogP contribution in [0.1, 0.15) is 6.92 Å². The van der Waals surface area contributed by atoms with Crippen molar-refractivity contribution in [2.45, 2.75) is 6.92 Å². The first-order valence-electron chi connectivity index (χ1n) is 2.09. The molecular formula is C3H8O4S. The van der Waals surface area contributed by atoms with Gasteiger partial charge in [-0.25, -0.2) is 4.18 Å². The van der Waals surface area contributed by atoms with E-state index in [0.717, 1.165) is 0 Å². The van der Waals surface area contributed by atoms with Crippen LogP contribution in [0.4, 0.5) is 0 Å². The molecule has 0 aromatic carbocycles. The van der Waals surface area contributed by atoms with Crippen LogP contribution in [0.5, 0.6) is 0 Å². The van der Waals surface area contributed by atoms with E-state index < -0.39 is 11.4 Å². The van der Waals surface area contributed by atoms with Crippen LogP contribution in [-0.4, -0.2) is 22.2 Å². The molecule has 0 aliphatic heterocycles. The monoisotopic (exact) mass is 140 g/mol. The maximum absolute atomic E-state index is 9.68. The SMILES string of the molecule is CCOCOS(=O)O. The van der Waals surface area contributed by atoms with E-state index in [1.165, 1.54) is 0 Å². The van der Waals surface area contributed by atoms with E-state index in [0.29, 0.717) is 6.61 Å². The van der Waals surface area contributed by atoms with Crippen molar-refractivity contribution in [2.75, 3.05) is 13.4 Å². The third-order valence-electron chi connectivity index (χ3n) is 0.436. The van der Waals surface area contributed by atoms with Gasteiger partial charge in [-0.15, -0.1) is 0 Å². The summed E-state index contributed by atoms with van der Waals surface area (Å²) in [4.78, 5) is 0. The highest BCUT2D eigenvalue weighted by Crippen LogP contribution is 1.79. The van der Waals surface area contributed by atoms with E-state index in [2.05, 4.69) is 8.92 Å². The van der Waals surface area contributed by atoms with Gasteiger partial charge in [0.2, 0.25) is 0 Å². The second-order valence-electron chi connectivity index (χ2n) is 0.946. The number of hydrogen-bond donors (Lipinski definition) is 1. The van der Waals surface area contributed by atoms with Crippen LogP contribution in [0.15, 0.2) is 0 Å². The van der Waals surface area contributed by atoms with Gasteiger partial charge in [0.05, 0.1) is 0 Å². The molecule has 8 heavy (non-hydrogen) atoms. The van der Waals surface area contributed by atoms with Crippen LogP contribution >= 0.6 is 0 Å². The fourth-order valence-corrected chi connectivity index (χ4v) is 0.309. The number of rotatable bonds is 4. The van der Waals surface area contributed by atoms with E-state index in [1.807, 2.05) is 0 Å². The Balaban J connectivity index is 2.82. The fourth-order valence-electron chi connectivity index (χ4n) is 0.159. The summed E-state index contributed by atoms with van der Waals surface area (Å²) < 4.78 is 26.3. The zero-order chi connectivity index (χ0) is 6.41. The van der Waals surface area contributed by atoms with Crippen molar-refractivity contribution in [3.8, 4) is 0 Å². The lowest BCUT2D eigenvalue weighted by Gasteiger charge is -1.95. The molecule has 1 atom stereocenters. The summed E-state index contributed by atoms with van der Waals surface area (Å²) >= 11 is -2.19. The Bertz CT molecular complexity index is 73.7. The number of hydrogen-bond acceptors (Lipinski definition) is 3. The first-order valence-corrected chi connectivity index (χ1v) is 3.12. The minimum absolute atomic E-state index is 0.125. The average molecular weight is 140 g/mol. The minimum atomic E-state index is -2.19. The van der Waals surface area contributed by atoms with E-state index in [9.17, 15) is 4.21 Å². The maximum atomic E-state index is 9.68. The third kappa shape index (κ3) is 6.03. The normalized spacial score (nSPS) is 13.8. The van der Waals surface area contributed by atoms with Crippen molar-refractivity contribution >= 4 is 11.4 Å². The molecular weight excluding hydrogens is 132 g/mol. The molecule has 4 nitrogen and oxygen atoms in total. The zero-order valence-corrected chi connectivity index (χ0v) is 5.31. The van der Waals surface area contributed by atoms with Gasteiger partial charge in [-0.3, -0.25) is 4.55 Å². The zero-order valence-electron chi connectivity index (χ0n) is 4.49. The second-order valence-corrected chi connectivity index (χ2v) is 1.62. The van der Waals surface area contributed by atoms with Gasteiger partial charge < -0.3 is 4.74 Å². The molecule has 0 radical (unpaired) electrons. The van der Waals surface area contributed by atoms with E-state index >= 15 is 0 Å². The third-order valence-corrected chi connectivity index (χ3v) is 0.734. The van der Waals surface area contributed by atoms with Gasteiger partial charge in [-0.2, -0.15) is 4.21 Å². The highest BCUT2D eigenvalue weighted by Gasteiger charge is 1.88. The van der Waals surface area contributed by atoms with Crippen LogP contribution in [0.2, 0.25) is 0 Å². The Hall–Kier alpha value is 0.0300. The Morgan fingerprint density at radius 2 is 2.38 bits per heavy atom. The molecule has 1 unspecified atom stereocenters. The molecule has 0 rings (SSSR count). The topological polar surface area (TPSA) is 55.8 Å². The molecule has 0 bridgehead atoms. The van der Waals surface area contributed by atoms with Crippen molar-refractivity contribution in [1.82, 2.24) is 0 Å². The highest BCUT2D eigenvalue weighted by molar-refractivity contribution is 7.74. The second kappa shape index (κ2) is 5.17. The smallest absolute Gasteiger partial charge is 0.304 e. The van der Waals surface area contributed by atoms with Crippen molar-refractivity contribution in [3.05, 3.63) is 0 Å². The van der Waals surface area contributed by atoms with Crippen LogP contribution in [-0.2, 0) is 20.3 Å². The van der Waals surface area contributed by atoms with Gasteiger partial charge in [-0.05, 0) is 6.92 Å². The van der Waals surface area contributed by atoms with Crippen molar-refractivity contribution in [3.63, 3.8) is 0 Å². The Labute approximate surface area is 50.3 Å². The van der Waals surface area contributed by atoms with Gasteiger partial charge in [-0.1, -0.05) is 0 Å². The Kier molecular flexibility index (Phi) is 5.19. The summed E-state index contributed by atoms with van der Waals surface area (Å²) in [5.41, 5.74) is 0. The molecule has 0 fully saturated rings. The first kappa shape index (κ1) is 8.03. The molecule has 1 N–H and O–H groups in total. The standard InChI is InChI=1S/C3H8O4S/c1-2-6-3-7-8(4)5/h2-3H2,1H3,(H,4,5). The lowest BCUT2D eigenvalue weighted by atomic mass is 10.9. The summed E-state index contributed by atoms with van der Waals surface area (Å²) in [7, 11) is 0. The van der Waals surface area contributed by atoms with Gasteiger partial charge in [0, 0.05) is 6.61 Å². The fraction of sp³-hybridized carbons (Fsp3) is 1.00. The number of ether oxygens (including phenoxy) is 1. The highest BCUT2D eigenvalue weighted by atomic mass is 32.2. The average Bonchev–Trinajstić information content (AvgIpc) is 1.66. The van der Waals surface area contributed by atoms with Crippen molar-refractivity contribution < 1.29 is 17.7 Å². The van der Waals surface area contributed by atoms with Crippen LogP contribution in [0.3, 0.4) is 0 Å². The summed E-state index contributed by atoms with van der Waals surface area (Å²) in [5, 5.41) is 0. The molecule has 5 heteroatoms. The predicted molar refractivity (Wildman–Crippen MR) is 28.3 cm³/mol. The van der Waals surface area contributed by atoms with Gasteiger partial charge in [0.1, 0.15) is 0 Å². The van der Waals surface area contributed by atoms with Gasteiger partial charge >= 0.3 is 11.4 Å². The van der Waals surface area contributed by atoms with Crippen molar-refractivity contribution in [2.24, 2.45) is 0 Å². The molecule has 0 aromatic heterocycles. The first-order chi connectivity index (χ1) is 3.77. The Morgan fingerprint density at radius 1 is 1.75 bits per heavy atom. The van der Waals surface area contributed by atoms with Crippen LogP contribution < -0.4 is 0 Å². The largest absolute Gasteiger partial charge is 0.354 e. The van der Waals surface area contributed by atoms with Crippen molar-refractivity contribution in [1.29, 1.82) is 0 Å². The van der Waals surface area contributed by atoms with E-state index in [4.69, 9.17) is 4.55 Å². The summed E-state index contributed by atoms with van der Waals surface area (Å²) in [6.07, 6.45) is 0. The molecule has 50 valence electrons. The Morgan fingerprint density at radius 3 is 2.75 bits per heavy atom. The maximum Gasteiger partial charge on any atom is 0.304 e. The lowest BCUT2D eigenvalue weighted by molar-refractivity contribution is 0.0257. The molecule has 0 saturated carbocycles. The van der Waals surface area contributed by atoms with Crippen LogP contribution in [0, 0.1) is 0 Å². The molecule has 0 spiro atoms. The molecule has 0 aromatic rings. The summed E-state index contributed by atoms with van der Waals surface area (Å²) in [6, 6.07) is 0. The summed E-state index contributed by atoms with van der Waals surface area (Å²) in [5.74, 6) is 0. The van der Waals surface area contributed by atoms with Gasteiger partial charge in [0.15, 0.2) is 6.79 Å². The lowest BCUT2D eigenvalue weighted by Crippen LogP contribution is -2.00.